The highest BCUT2D eigenvalue weighted by atomic mass is 16.6. The summed E-state index contributed by atoms with van der Waals surface area (Å²) in [6.07, 6.45) is 1.60. The molecule has 1 N–H and O–H groups in total. The fourth-order valence-electron chi connectivity index (χ4n) is 3.29. The van der Waals surface area contributed by atoms with Crippen molar-refractivity contribution in [1.29, 1.82) is 0 Å². The first kappa shape index (κ1) is 21.1. The van der Waals surface area contributed by atoms with Crippen molar-refractivity contribution in [3.8, 4) is 5.75 Å². The molecule has 3 rings (SSSR count). The molecule has 0 bridgehead atoms. The van der Waals surface area contributed by atoms with E-state index in [9.17, 15) is 14.4 Å². The number of aromatic nitrogens is 1. The lowest BCUT2D eigenvalue weighted by Gasteiger charge is -2.22. The number of benzene rings is 2. The summed E-state index contributed by atoms with van der Waals surface area (Å²) in [7, 11) is 0. The van der Waals surface area contributed by atoms with Crippen molar-refractivity contribution < 1.29 is 28.6 Å². The molecule has 0 aliphatic carbocycles. The van der Waals surface area contributed by atoms with Crippen LogP contribution in [0.1, 0.15) is 25.3 Å². The number of ether oxygens (including phenoxy) is 3. The highest BCUT2D eigenvalue weighted by Gasteiger charge is 2.45. The van der Waals surface area contributed by atoms with Gasteiger partial charge in [-0.05, 0) is 37.6 Å². The Hall–Kier alpha value is -3.61. The third kappa shape index (κ3) is 4.51. The van der Waals surface area contributed by atoms with Gasteiger partial charge in [-0.2, -0.15) is 0 Å². The monoisotopic (exact) mass is 409 g/mol. The molecule has 7 heteroatoms. The Kier molecular flexibility index (Phi) is 6.85. The number of para-hydroxylation sites is 2. The van der Waals surface area contributed by atoms with E-state index >= 15 is 0 Å². The lowest BCUT2D eigenvalue weighted by Crippen LogP contribution is -2.38. The largest absolute Gasteiger partial charge is 0.465 e. The molecule has 0 fully saturated rings. The predicted molar refractivity (Wildman–Crippen MR) is 110 cm³/mol. The maximum atomic E-state index is 13.3. The summed E-state index contributed by atoms with van der Waals surface area (Å²) < 4.78 is 15.7. The number of H-pyrrole nitrogens is 1. The molecule has 30 heavy (non-hydrogen) atoms. The van der Waals surface area contributed by atoms with E-state index in [1.165, 1.54) is 0 Å². The summed E-state index contributed by atoms with van der Waals surface area (Å²) in [5.74, 6) is -4.87. The van der Waals surface area contributed by atoms with E-state index in [0.717, 1.165) is 5.52 Å². The average Bonchev–Trinajstić information content (AvgIpc) is 3.16. The summed E-state index contributed by atoms with van der Waals surface area (Å²) in [4.78, 5) is 41.8. The number of carbonyl (C=O) groups is 3. The minimum atomic E-state index is -1.50. The summed E-state index contributed by atoms with van der Waals surface area (Å²) in [6, 6.07) is 15.8. The molecule has 2 aromatic carbocycles. The van der Waals surface area contributed by atoms with Crippen molar-refractivity contribution in [2.75, 3.05) is 13.2 Å². The highest BCUT2D eigenvalue weighted by Crippen LogP contribution is 2.34. The first-order valence-electron chi connectivity index (χ1n) is 9.72. The number of esters is 3. The Morgan fingerprint density at radius 3 is 2.07 bits per heavy atom. The summed E-state index contributed by atoms with van der Waals surface area (Å²) >= 11 is 0. The number of fused-ring (bicyclic) bond motifs is 1. The molecule has 0 saturated carbocycles. The van der Waals surface area contributed by atoms with Crippen molar-refractivity contribution in [1.82, 2.24) is 4.98 Å². The Labute approximate surface area is 173 Å². The van der Waals surface area contributed by atoms with Gasteiger partial charge in [0.15, 0.2) is 5.92 Å². The van der Waals surface area contributed by atoms with Crippen LogP contribution in [-0.2, 0) is 23.9 Å². The van der Waals surface area contributed by atoms with E-state index in [2.05, 4.69) is 4.98 Å². The van der Waals surface area contributed by atoms with E-state index in [1.807, 2.05) is 18.2 Å². The summed E-state index contributed by atoms with van der Waals surface area (Å²) in [5, 5.41) is 0.700. The van der Waals surface area contributed by atoms with Gasteiger partial charge >= 0.3 is 17.9 Å². The van der Waals surface area contributed by atoms with Crippen LogP contribution in [0, 0.1) is 5.92 Å². The first-order valence-corrected chi connectivity index (χ1v) is 9.72. The second-order valence-electron chi connectivity index (χ2n) is 6.48. The van der Waals surface area contributed by atoms with Crippen LogP contribution in [0.2, 0.25) is 0 Å². The van der Waals surface area contributed by atoms with Gasteiger partial charge < -0.3 is 19.2 Å². The first-order chi connectivity index (χ1) is 14.6. The molecule has 156 valence electrons. The van der Waals surface area contributed by atoms with E-state index in [-0.39, 0.29) is 13.2 Å². The number of hydrogen-bond donors (Lipinski definition) is 1. The van der Waals surface area contributed by atoms with Gasteiger partial charge in [0.2, 0.25) is 0 Å². The van der Waals surface area contributed by atoms with Crippen LogP contribution in [0.4, 0.5) is 0 Å². The van der Waals surface area contributed by atoms with Gasteiger partial charge in [-0.25, -0.2) is 0 Å². The van der Waals surface area contributed by atoms with Crippen molar-refractivity contribution in [2.24, 2.45) is 5.92 Å². The normalized spacial score (nSPS) is 11.8. The van der Waals surface area contributed by atoms with Gasteiger partial charge in [0.05, 0.1) is 13.2 Å². The standard InChI is InChI=1S/C23H23NO6/c1-3-28-21(25)20(22(26)29-4-2)19(23(27)30-15-10-6-5-7-11-15)17-14-24-18-13-9-8-12-16(17)18/h5-14,19-20,24H,3-4H2,1-2H3/t19-/m0/s1. The van der Waals surface area contributed by atoms with Gasteiger partial charge in [-0.15, -0.1) is 0 Å². The topological polar surface area (TPSA) is 94.7 Å². The minimum Gasteiger partial charge on any atom is -0.465 e. The molecule has 3 aromatic rings. The molecule has 0 aliphatic rings. The molecule has 0 saturated heterocycles. The number of rotatable bonds is 8. The Balaban J connectivity index is 2.10. The lowest BCUT2D eigenvalue weighted by molar-refractivity contribution is -0.166. The van der Waals surface area contributed by atoms with E-state index in [1.54, 1.807) is 56.4 Å². The molecule has 7 nitrogen and oxygen atoms in total. The number of hydrogen-bond acceptors (Lipinski definition) is 6. The fourth-order valence-corrected chi connectivity index (χ4v) is 3.29. The summed E-state index contributed by atoms with van der Waals surface area (Å²) in [5.41, 5.74) is 1.22. The van der Waals surface area contributed by atoms with E-state index in [4.69, 9.17) is 14.2 Å². The number of nitrogens with one attached hydrogen (secondary N) is 1. The second-order valence-corrected chi connectivity index (χ2v) is 6.48. The number of carbonyl (C=O) groups excluding carboxylic acids is 3. The van der Waals surface area contributed by atoms with Crippen LogP contribution < -0.4 is 4.74 Å². The molecule has 0 spiro atoms. The smallest absolute Gasteiger partial charge is 0.321 e. The lowest BCUT2D eigenvalue weighted by atomic mass is 9.85. The van der Waals surface area contributed by atoms with Crippen LogP contribution in [0.25, 0.3) is 10.9 Å². The van der Waals surface area contributed by atoms with Gasteiger partial charge in [-0.1, -0.05) is 36.4 Å². The van der Waals surface area contributed by atoms with E-state index in [0.29, 0.717) is 16.7 Å². The zero-order valence-electron chi connectivity index (χ0n) is 16.8. The maximum Gasteiger partial charge on any atom is 0.321 e. The number of aromatic amines is 1. The molecular weight excluding hydrogens is 386 g/mol. The third-order valence-corrected chi connectivity index (χ3v) is 4.59. The zero-order chi connectivity index (χ0) is 21.5. The Morgan fingerprint density at radius 2 is 1.43 bits per heavy atom. The molecule has 1 heterocycles. The van der Waals surface area contributed by atoms with E-state index < -0.39 is 29.7 Å². The van der Waals surface area contributed by atoms with Crippen molar-refractivity contribution >= 4 is 28.8 Å². The minimum absolute atomic E-state index is 0.0586. The SMILES string of the molecule is CCOC(=O)C(C(=O)OCC)[C@@H](C(=O)Oc1ccccc1)c1c[nH]c2ccccc12. The van der Waals surface area contributed by atoms with Gasteiger partial charge in [-0.3, -0.25) is 14.4 Å². The highest BCUT2D eigenvalue weighted by molar-refractivity contribution is 6.03. The Bertz CT molecular complexity index is 1010. The second kappa shape index (κ2) is 9.73. The molecule has 1 aromatic heterocycles. The molecular formula is C23H23NO6. The Morgan fingerprint density at radius 1 is 0.833 bits per heavy atom. The third-order valence-electron chi connectivity index (χ3n) is 4.59. The van der Waals surface area contributed by atoms with Crippen LogP contribution in [-0.4, -0.2) is 36.1 Å². The zero-order valence-corrected chi connectivity index (χ0v) is 16.8. The average molecular weight is 409 g/mol. The molecule has 1 atom stereocenters. The van der Waals surface area contributed by atoms with Crippen LogP contribution in [0.3, 0.4) is 0 Å². The predicted octanol–water partition coefficient (Wildman–Crippen LogP) is 3.60. The fraction of sp³-hybridized carbons (Fsp3) is 0.261. The van der Waals surface area contributed by atoms with Gasteiger partial charge in [0.1, 0.15) is 11.7 Å². The molecule has 0 amide bonds. The quantitative estimate of drug-likeness (QED) is 0.347. The van der Waals surface area contributed by atoms with Gasteiger partial charge in [0.25, 0.3) is 0 Å². The van der Waals surface area contributed by atoms with Crippen molar-refractivity contribution in [3.05, 3.63) is 66.4 Å². The summed E-state index contributed by atoms with van der Waals surface area (Å²) in [6.45, 7) is 3.37. The maximum absolute atomic E-state index is 13.3. The van der Waals surface area contributed by atoms with Gasteiger partial charge in [0, 0.05) is 17.1 Å². The van der Waals surface area contributed by atoms with Crippen LogP contribution in [0.5, 0.6) is 5.75 Å². The van der Waals surface area contributed by atoms with Crippen molar-refractivity contribution in [3.63, 3.8) is 0 Å². The molecule has 0 unspecified atom stereocenters. The molecule has 0 aliphatic heterocycles. The molecule has 0 radical (unpaired) electrons. The van der Waals surface area contributed by atoms with Crippen molar-refractivity contribution in [2.45, 2.75) is 19.8 Å². The van der Waals surface area contributed by atoms with Crippen LogP contribution in [0.15, 0.2) is 60.8 Å². The van der Waals surface area contributed by atoms with Crippen LogP contribution >= 0.6 is 0 Å².